The maximum absolute atomic E-state index is 14.3. The molecule has 6 nitrogen and oxygen atoms in total. The van der Waals surface area contributed by atoms with Gasteiger partial charge in [0.15, 0.2) is 12.1 Å². The molecule has 3 fully saturated rings. The van der Waals surface area contributed by atoms with Crippen LogP contribution in [0.1, 0.15) is 85.0 Å². The van der Waals surface area contributed by atoms with Crippen LogP contribution in [0.5, 0.6) is 0 Å². The Balaban J connectivity index is 1.40. The topological polar surface area (TPSA) is 65.1 Å². The van der Waals surface area contributed by atoms with Crippen molar-refractivity contribution >= 4 is 11.8 Å². The maximum Gasteiger partial charge on any atom is 0.307 e. The molecule has 2 aliphatic heterocycles. The van der Waals surface area contributed by atoms with Crippen LogP contribution in [0.2, 0.25) is 0 Å². The summed E-state index contributed by atoms with van der Waals surface area (Å²) in [5.41, 5.74) is 0.845. The summed E-state index contributed by atoms with van der Waals surface area (Å²) < 4.78 is 19.0. The van der Waals surface area contributed by atoms with Gasteiger partial charge in [-0.3, -0.25) is 9.59 Å². The summed E-state index contributed by atoms with van der Waals surface area (Å²) in [5.74, 6) is 1.30. The molecular formula is C34H51NO5. The first-order valence-electron chi connectivity index (χ1n) is 16.0. The van der Waals surface area contributed by atoms with Gasteiger partial charge < -0.3 is 19.1 Å². The number of hydrogen-bond acceptors (Lipinski definition) is 6. The highest BCUT2D eigenvalue weighted by molar-refractivity contribution is 5.99. The fraction of sp³-hybridized carbons (Fsp3) is 0.765. The van der Waals surface area contributed by atoms with Crippen LogP contribution in [0.3, 0.4) is 0 Å². The highest BCUT2D eigenvalue weighted by atomic mass is 16.7. The van der Waals surface area contributed by atoms with Crippen LogP contribution in [0.25, 0.3) is 0 Å². The molecule has 0 aromatic rings. The molecule has 0 N–H and O–H groups in total. The average Bonchev–Trinajstić information content (AvgIpc) is 3.54. The van der Waals surface area contributed by atoms with Crippen molar-refractivity contribution < 1.29 is 23.8 Å². The van der Waals surface area contributed by atoms with Gasteiger partial charge in [-0.25, -0.2) is 0 Å². The number of carbonyl (C=O) groups is 2. The van der Waals surface area contributed by atoms with E-state index in [0.29, 0.717) is 23.8 Å². The van der Waals surface area contributed by atoms with Crippen LogP contribution in [0.4, 0.5) is 0 Å². The number of rotatable bonds is 5. The molecule has 5 rings (SSSR count). The molecule has 222 valence electrons. The predicted octanol–water partition coefficient (Wildman–Crippen LogP) is 6.26. The van der Waals surface area contributed by atoms with Crippen LogP contribution >= 0.6 is 0 Å². The number of carbonyl (C=O) groups excluding carboxylic acids is 2. The summed E-state index contributed by atoms with van der Waals surface area (Å²) >= 11 is 0. The van der Waals surface area contributed by atoms with Gasteiger partial charge in [-0.05, 0) is 108 Å². The van der Waals surface area contributed by atoms with Crippen molar-refractivity contribution in [1.82, 2.24) is 4.90 Å². The summed E-state index contributed by atoms with van der Waals surface area (Å²) in [7, 11) is 4.20. The monoisotopic (exact) mass is 553 g/mol. The Bertz CT molecular complexity index is 1000. The second-order valence-corrected chi connectivity index (χ2v) is 13.2. The first-order valence-corrected chi connectivity index (χ1v) is 16.0. The lowest BCUT2D eigenvalue weighted by Gasteiger charge is -2.40. The zero-order chi connectivity index (χ0) is 28.4. The number of allylic oxidation sites excluding steroid dienone is 5. The lowest BCUT2D eigenvalue weighted by atomic mass is 9.70. The largest absolute Gasteiger partial charge is 0.458 e. The van der Waals surface area contributed by atoms with Crippen LogP contribution in [-0.2, 0) is 23.8 Å². The van der Waals surface area contributed by atoms with Gasteiger partial charge in [0.1, 0.15) is 6.10 Å². The van der Waals surface area contributed by atoms with Crippen molar-refractivity contribution in [2.24, 2.45) is 35.5 Å². The second kappa shape index (κ2) is 13.0. The summed E-state index contributed by atoms with van der Waals surface area (Å²) in [4.78, 5) is 29.8. The first kappa shape index (κ1) is 29.7. The molecule has 6 heteroatoms. The standard InChI is InChI=1S/C34H51NO5/c1-6-7-11-24-12-9-14-31(40-33-18-17-30(35(4)5)22(3)38-33)21(2)34(37)29-19-27-25-13-8-10-23(25)15-16-26(27)28(29)20-32(36)39-24/h7,11,15-16,19,21-28,30-31,33H,6,8-10,12-14,17-18,20H2,1-5H3/b11-7+/t21-,22-,23?,24+,25?,26?,27?,28?,30+,31+,33?/m1/s1. The minimum Gasteiger partial charge on any atom is -0.458 e. The Morgan fingerprint density at radius 3 is 2.55 bits per heavy atom. The molecule has 2 heterocycles. The van der Waals surface area contributed by atoms with Crippen molar-refractivity contribution in [2.75, 3.05) is 14.1 Å². The average molecular weight is 554 g/mol. The SMILES string of the molecule is CC/C=C/[C@H]1CCC[C@H](OC2CC[C@H](N(C)C)[C@@H](C)O2)[C@@H](C)C(=O)C2=CC3C(C=CC4CCCC43)C2CC(=O)O1. The quantitative estimate of drug-likeness (QED) is 0.296. The summed E-state index contributed by atoms with van der Waals surface area (Å²) in [6.07, 6.45) is 19.4. The van der Waals surface area contributed by atoms with Crippen LogP contribution in [0, 0.1) is 35.5 Å². The van der Waals surface area contributed by atoms with Crippen molar-refractivity contribution in [3.8, 4) is 0 Å². The Kier molecular flexibility index (Phi) is 9.69. The molecule has 0 spiro atoms. The molecule has 6 unspecified atom stereocenters. The molecule has 0 radical (unpaired) electrons. The van der Waals surface area contributed by atoms with E-state index in [2.05, 4.69) is 57.1 Å². The zero-order valence-electron chi connectivity index (χ0n) is 25.3. The zero-order valence-corrected chi connectivity index (χ0v) is 25.3. The Labute approximate surface area is 241 Å². The van der Waals surface area contributed by atoms with Gasteiger partial charge in [-0.15, -0.1) is 0 Å². The van der Waals surface area contributed by atoms with Gasteiger partial charge >= 0.3 is 5.97 Å². The lowest BCUT2D eigenvalue weighted by molar-refractivity contribution is -0.231. The highest BCUT2D eigenvalue weighted by Gasteiger charge is 2.48. The highest BCUT2D eigenvalue weighted by Crippen LogP contribution is 2.53. The summed E-state index contributed by atoms with van der Waals surface area (Å²) in [6, 6.07) is 0.372. The van der Waals surface area contributed by atoms with Gasteiger partial charge in [0.25, 0.3) is 0 Å². The third kappa shape index (κ3) is 6.34. The van der Waals surface area contributed by atoms with Crippen molar-refractivity contribution in [3.63, 3.8) is 0 Å². The van der Waals surface area contributed by atoms with E-state index in [4.69, 9.17) is 14.2 Å². The molecule has 0 amide bonds. The molecule has 5 aliphatic rings. The van der Waals surface area contributed by atoms with E-state index in [-0.39, 0.29) is 60.5 Å². The number of fused-ring (bicyclic) bond motifs is 5. The van der Waals surface area contributed by atoms with E-state index in [1.165, 1.54) is 19.3 Å². The third-order valence-electron chi connectivity index (χ3n) is 10.5. The summed E-state index contributed by atoms with van der Waals surface area (Å²) in [5, 5.41) is 0. The van der Waals surface area contributed by atoms with Gasteiger partial charge in [-0.1, -0.05) is 44.6 Å². The number of ether oxygens (including phenoxy) is 3. The number of cyclic esters (lactones) is 1. The summed E-state index contributed by atoms with van der Waals surface area (Å²) in [6.45, 7) is 6.25. The van der Waals surface area contributed by atoms with E-state index in [1.807, 2.05) is 13.0 Å². The van der Waals surface area contributed by atoms with Gasteiger partial charge in [0.05, 0.1) is 18.6 Å². The Morgan fingerprint density at radius 2 is 1.80 bits per heavy atom. The van der Waals surface area contributed by atoms with Crippen molar-refractivity contribution in [1.29, 1.82) is 0 Å². The molecule has 11 atom stereocenters. The predicted molar refractivity (Wildman–Crippen MR) is 156 cm³/mol. The van der Waals surface area contributed by atoms with Gasteiger partial charge in [0.2, 0.25) is 0 Å². The van der Waals surface area contributed by atoms with Crippen molar-refractivity contribution in [3.05, 3.63) is 36.0 Å². The van der Waals surface area contributed by atoms with E-state index in [1.54, 1.807) is 0 Å². The van der Waals surface area contributed by atoms with E-state index in [9.17, 15) is 9.59 Å². The first-order chi connectivity index (χ1) is 19.3. The molecule has 0 bridgehead atoms. The molecule has 40 heavy (non-hydrogen) atoms. The smallest absolute Gasteiger partial charge is 0.307 e. The molecule has 0 aromatic heterocycles. The molecule has 2 saturated heterocycles. The maximum atomic E-state index is 14.3. The number of hydrogen-bond donors (Lipinski definition) is 0. The van der Waals surface area contributed by atoms with Gasteiger partial charge in [-0.2, -0.15) is 0 Å². The third-order valence-corrected chi connectivity index (χ3v) is 10.5. The molecular weight excluding hydrogens is 502 g/mol. The minimum atomic E-state index is -0.300. The van der Waals surface area contributed by atoms with E-state index < -0.39 is 0 Å². The molecule has 1 saturated carbocycles. The Hall–Kier alpha value is -1.76. The van der Waals surface area contributed by atoms with Crippen LogP contribution < -0.4 is 0 Å². The number of nitrogens with zero attached hydrogens (tertiary/aromatic N) is 1. The van der Waals surface area contributed by atoms with Crippen LogP contribution in [0.15, 0.2) is 36.0 Å². The molecule has 0 aromatic carbocycles. The number of likely N-dealkylation sites (N-methyl/N-ethyl adjacent to an activating group) is 1. The van der Waals surface area contributed by atoms with Crippen LogP contribution in [-0.4, -0.2) is 61.4 Å². The normalized spacial score (nSPS) is 42.5. The Morgan fingerprint density at radius 1 is 1.00 bits per heavy atom. The number of ketones is 1. The lowest BCUT2D eigenvalue weighted by Crippen LogP contribution is -2.47. The fourth-order valence-electron chi connectivity index (χ4n) is 8.28. The molecule has 3 aliphatic carbocycles. The minimum absolute atomic E-state index is 0.0742. The fourth-order valence-corrected chi connectivity index (χ4v) is 8.28. The van der Waals surface area contributed by atoms with Crippen molar-refractivity contribution in [2.45, 2.75) is 116 Å². The second-order valence-electron chi connectivity index (χ2n) is 13.2. The van der Waals surface area contributed by atoms with E-state index >= 15 is 0 Å². The number of Topliss-reactive ketones (excluding diaryl/α,β-unsaturated/α-hetero) is 1. The van der Waals surface area contributed by atoms with E-state index in [0.717, 1.165) is 44.1 Å². The number of esters is 1. The van der Waals surface area contributed by atoms with Gasteiger partial charge in [0, 0.05) is 17.9 Å².